The summed E-state index contributed by atoms with van der Waals surface area (Å²) >= 11 is 3.97. The molecular weight excluding hydrogens is 460 g/mol. The molecule has 9 nitrogen and oxygen atoms in total. The van der Waals surface area contributed by atoms with Gasteiger partial charge in [-0.15, -0.1) is 23.1 Å². The Morgan fingerprint density at radius 2 is 2.32 bits per heavy atom. The number of aliphatic carboxylic acids is 1. The second-order valence-corrected chi connectivity index (χ2v) is 9.89. The summed E-state index contributed by atoms with van der Waals surface area (Å²) in [6.45, 7) is 0. The summed E-state index contributed by atoms with van der Waals surface area (Å²) in [5.41, 5.74) is -2.38. The number of carboxylic acid groups (broad SMARTS) is 1. The molecule has 1 saturated heterocycles. The first-order valence-electron chi connectivity index (χ1n) is 9.15. The van der Waals surface area contributed by atoms with Crippen LogP contribution in [0.4, 0.5) is 0 Å². The van der Waals surface area contributed by atoms with Gasteiger partial charge in [0.25, 0.3) is 5.91 Å². The fourth-order valence-corrected chi connectivity index (χ4v) is 6.68. The van der Waals surface area contributed by atoms with Gasteiger partial charge >= 0.3 is 5.97 Å². The fourth-order valence-electron chi connectivity index (χ4n) is 3.52. The third kappa shape index (κ3) is 3.95. The molecule has 162 valence electrons. The molecule has 0 aliphatic carbocycles. The number of methoxy groups -OCH3 is 1. The van der Waals surface area contributed by atoms with E-state index < -0.39 is 28.2 Å². The van der Waals surface area contributed by atoms with Crippen LogP contribution in [-0.4, -0.2) is 67.0 Å². The molecular formula is C19H18N4O5S3. The minimum atomic E-state index is -1.45. The van der Waals surface area contributed by atoms with Crippen LogP contribution in [0.15, 0.2) is 52.9 Å². The summed E-state index contributed by atoms with van der Waals surface area (Å²) in [4.78, 5) is 48.3. The van der Waals surface area contributed by atoms with E-state index in [0.29, 0.717) is 10.8 Å². The van der Waals surface area contributed by atoms with Gasteiger partial charge in [-0.1, -0.05) is 17.8 Å². The molecule has 2 N–H and O–H groups in total. The fraction of sp³-hybridized carbons (Fsp3) is 0.316. The number of nitrogens with one attached hydrogen (secondary N) is 1. The third-order valence-electron chi connectivity index (χ3n) is 4.82. The summed E-state index contributed by atoms with van der Waals surface area (Å²) in [6.07, 6.45) is 6.19. The summed E-state index contributed by atoms with van der Waals surface area (Å²) in [5.74, 6) is -1.66. The van der Waals surface area contributed by atoms with E-state index in [2.05, 4.69) is 15.3 Å². The molecule has 4 heterocycles. The number of nitrogens with zero attached hydrogens (tertiary/aromatic N) is 3. The van der Waals surface area contributed by atoms with Gasteiger partial charge in [0.1, 0.15) is 21.5 Å². The molecule has 2 aliphatic heterocycles. The topological polar surface area (TPSA) is 122 Å². The van der Waals surface area contributed by atoms with E-state index >= 15 is 0 Å². The summed E-state index contributed by atoms with van der Waals surface area (Å²) in [5, 5.41) is 14.2. The summed E-state index contributed by atoms with van der Waals surface area (Å²) in [6, 6.07) is 3.69. The lowest BCUT2D eigenvalue weighted by Gasteiger charge is -2.58. The average Bonchev–Trinajstić information content (AvgIpc) is 3.28. The standard InChI is InChI=1S/C19H18N4O5S3/c1-28-18(31-14-10-20-5-6-21-14)19(22-13(24)9-11-3-2-7-29-11)16(27)23-12(15(25)26)4-8-30-17(19)23/h2-7,10,17-18H,8-9H2,1H3,(H,22,24)(H,25,26)/t17-,18+,19+/m0/s1. The zero-order valence-corrected chi connectivity index (χ0v) is 18.7. The number of fused-ring (bicyclic) bond motifs is 1. The van der Waals surface area contributed by atoms with Gasteiger partial charge in [0.2, 0.25) is 5.91 Å². The first kappa shape index (κ1) is 21.8. The van der Waals surface area contributed by atoms with Gasteiger partial charge in [0.05, 0.1) is 12.6 Å². The molecule has 0 aromatic carbocycles. The van der Waals surface area contributed by atoms with Gasteiger partial charge in [-0.3, -0.25) is 19.5 Å². The Labute approximate surface area is 190 Å². The highest BCUT2D eigenvalue weighted by Crippen LogP contribution is 2.49. The maximum Gasteiger partial charge on any atom is 0.352 e. The number of β-lactam (4-membered cyclic amide) rings is 1. The molecule has 0 bridgehead atoms. The molecule has 0 saturated carbocycles. The van der Waals surface area contributed by atoms with Gasteiger partial charge in [0.15, 0.2) is 5.54 Å². The van der Waals surface area contributed by atoms with Crippen molar-refractivity contribution in [2.24, 2.45) is 0 Å². The second-order valence-electron chi connectivity index (χ2n) is 6.66. The van der Waals surface area contributed by atoms with Crippen LogP contribution in [0.5, 0.6) is 0 Å². The summed E-state index contributed by atoms with van der Waals surface area (Å²) in [7, 11) is 1.44. The number of amides is 2. The van der Waals surface area contributed by atoms with E-state index in [1.807, 2.05) is 17.5 Å². The number of rotatable bonds is 8. The summed E-state index contributed by atoms with van der Waals surface area (Å²) < 4.78 is 5.67. The monoisotopic (exact) mass is 478 g/mol. The van der Waals surface area contributed by atoms with Crippen LogP contribution in [0.2, 0.25) is 0 Å². The Hall–Kier alpha value is -2.41. The molecule has 31 heavy (non-hydrogen) atoms. The maximum atomic E-state index is 13.4. The van der Waals surface area contributed by atoms with Gasteiger partial charge in [0, 0.05) is 30.1 Å². The zero-order valence-electron chi connectivity index (χ0n) is 16.3. The lowest BCUT2D eigenvalue weighted by atomic mass is 9.86. The predicted molar refractivity (Wildman–Crippen MR) is 116 cm³/mol. The van der Waals surface area contributed by atoms with Crippen molar-refractivity contribution in [3.05, 3.63) is 52.8 Å². The minimum Gasteiger partial charge on any atom is -0.477 e. The van der Waals surface area contributed by atoms with Crippen molar-refractivity contribution in [2.45, 2.75) is 27.8 Å². The number of hydrogen-bond donors (Lipinski definition) is 2. The highest BCUT2D eigenvalue weighted by molar-refractivity contribution is 8.01. The number of carbonyl (C=O) groups is 3. The number of thiophene rings is 1. The quantitative estimate of drug-likeness (QED) is 0.331. The van der Waals surface area contributed by atoms with Crippen molar-refractivity contribution in [3.8, 4) is 0 Å². The van der Waals surface area contributed by atoms with E-state index in [1.165, 1.54) is 59.8 Å². The van der Waals surface area contributed by atoms with E-state index in [-0.39, 0.29) is 18.0 Å². The van der Waals surface area contributed by atoms with Crippen molar-refractivity contribution in [3.63, 3.8) is 0 Å². The molecule has 0 spiro atoms. The number of hydrogen-bond acceptors (Lipinski definition) is 9. The zero-order chi connectivity index (χ0) is 22.0. The molecule has 0 radical (unpaired) electrons. The molecule has 2 aliphatic rings. The third-order valence-corrected chi connectivity index (χ3v) is 8.18. The predicted octanol–water partition coefficient (Wildman–Crippen LogP) is 1.58. The maximum absolute atomic E-state index is 13.4. The minimum absolute atomic E-state index is 0.0868. The van der Waals surface area contributed by atoms with E-state index in [0.717, 1.165) is 16.6 Å². The number of thioether (sulfide) groups is 2. The first-order valence-corrected chi connectivity index (χ1v) is 12.0. The van der Waals surface area contributed by atoms with E-state index in [4.69, 9.17) is 4.74 Å². The lowest BCUT2D eigenvalue weighted by Crippen LogP contribution is -2.83. The van der Waals surface area contributed by atoms with E-state index in [9.17, 15) is 19.5 Å². The Kier molecular flexibility index (Phi) is 6.32. The molecule has 2 aromatic heterocycles. The van der Waals surface area contributed by atoms with E-state index in [1.54, 1.807) is 0 Å². The van der Waals surface area contributed by atoms with Crippen molar-refractivity contribution in [2.75, 3.05) is 12.9 Å². The Morgan fingerprint density at radius 3 is 2.97 bits per heavy atom. The lowest BCUT2D eigenvalue weighted by molar-refractivity contribution is -0.164. The molecule has 4 rings (SSSR count). The van der Waals surface area contributed by atoms with Crippen LogP contribution in [0.3, 0.4) is 0 Å². The highest BCUT2D eigenvalue weighted by atomic mass is 32.2. The molecule has 2 aromatic rings. The highest BCUT2D eigenvalue weighted by Gasteiger charge is 2.69. The van der Waals surface area contributed by atoms with Gasteiger partial charge in [-0.05, 0) is 17.5 Å². The van der Waals surface area contributed by atoms with Crippen LogP contribution in [0.1, 0.15) is 4.88 Å². The molecule has 3 atom stereocenters. The average molecular weight is 479 g/mol. The van der Waals surface area contributed by atoms with Gasteiger partial charge < -0.3 is 15.2 Å². The Bertz CT molecular complexity index is 1020. The Balaban J connectivity index is 1.67. The van der Waals surface area contributed by atoms with Crippen molar-refractivity contribution < 1.29 is 24.2 Å². The molecule has 12 heteroatoms. The normalized spacial score (nSPS) is 23.4. The van der Waals surface area contributed by atoms with Crippen molar-refractivity contribution >= 4 is 52.6 Å². The van der Waals surface area contributed by atoms with Crippen LogP contribution < -0.4 is 5.32 Å². The second kappa shape index (κ2) is 8.99. The smallest absolute Gasteiger partial charge is 0.352 e. The van der Waals surface area contributed by atoms with Crippen molar-refractivity contribution in [1.82, 2.24) is 20.2 Å². The first-order chi connectivity index (χ1) is 15.0. The SMILES string of the molecule is CO[C@H](Sc1cnccn1)[C@@]1(NC(=O)Cc2cccs2)C(=O)N2C(C(=O)O)=CCS[C@H]21. The number of ether oxygens (including phenoxy) is 1. The Morgan fingerprint density at radius 1 is 1.48 bits per heavy atom. The number of carbonyl (C=O) groups excluding carboxylic acids is 2. The van der Waals surface area contributed by atoms with Crippen LogP contribution in [0.25, 0.3) is 0 Å². The largest absolute Gasteiger partial charge is 0.477 e. The molecule has 2 amide bonds. The van der Waals surface area contributed by atoms with Crippen LogP contribution >= 0.6 is 34.9 Å². The van der Waals surface area contributed by atoms with Crippen LogP contribution in [-0.2, 0) is 25.5 Å². The molecule has 0 unspecified atom stereocenters. The number of carboxylic acids is 1. The van der Waals surface area contributed by atoms with Crippen LogP contribution in [0, 0.1) is 0 Å². The number of aromatic nitrogens is 2. The van der Waals surface area contributed by atoms with Gasteiger partial charge in [-0.25, -0.2) is 9.78 Å². The van der Waals surface area contributed by atoms with Gasteiger partial charge in [-0.2, -0.15) is 0 Å². The molecule has 1 fully saturated rings. The van der Waals surface area contributed by atoms with Crippen molar-refractivity contribution in [1.29, 1.82) is 0 Å².